The SMILES string of the molecule is Cc1ccc(S(=O)(=O)NCc2nn3c(=O)c(C)n[nH+]c3s2)cc1. The number of fused-ring (bicyclic) bond motifs is 1. The van der Waals surface area contributed by atoms with Crippen LogP contribution in [0.15, 0.2) is 34.0 Å². The Morgan fingerprint density at radius 2 is 1.96 bits per heavy atom. The topological polar surface area (TPSA) is 108 Å². The Hall–Kier alpha value is -2.17. The molecule has 0 amide bonds. The van der Waals surface area contributed by atoms with Crippen molar-refractivity contribution in [2.75, 3.05) is 0 Å². The van der Waals surface area contributed by atoms with Crippen molar-refractivity contribution in [1.29, 1.82) is 0 Å². The Morgan fingerprint density at radius 3 is 2.65 bits per heavy atom. The number of H-pyrrole nitrogens is 1. The number of nitrogens with zero attached hydrogens (tertiary/aromatic N) is 3. The van der Waals surface area contributed by atoms with Crippen molar-refractivity contribution >= 4 is 26.3 Å². The number of benzene rings is 1. The standard InChI is InChI=1S/C13H13N5O3S2/c1-8-3-5-10(6-4-8)23(20,21)14-7-11-17-18-12(19)9(2)15-16-13(18)22-11/h3-6,14H,7H2,1-2H3/p+1. The van der Waals surface area contributed by atoms with Gasteiger partial charge in [-0.15, -0.1) is 5.10 Å². The van der Waals surface area contributed by atoms with Crippen molar-refractivity contribution in [3.63, 3.8) is 0 Å². The minimum absolute atomic E-state index is 0.00508. The number of sulfonamides is 1. The molecule has 0 bridgehead atoms. The third-order valence-corrected chi connectivity index (χ3v) is 5.52. The Morgan fingerprint density at radius 1 is 1.26 bits per heavy atom. The second-order valence-corrected chi connectivity index (χ2v) is 7.79. The highest BCUT2D eigenvalue weighted by Gasteiger charge is 2.19. The molecule has 2 aromatic heterocycles. The molecule has 0 unspecified atom stereocenters. The summed E-state index contributed by atoms with van der Waals surface area (Å²) in [6.45, 7) is 3.45. The first-order valence-corrected chi connectivity index (χ1v) is 9.00. The summed E-state index contributed by atoms with van der Waals surface area (Å²) >= 11 is 1.17. The number of hydrogen-bond donors (Lipinski definition) is 1. The lowest BCUT2D eigenvalue weighted by Crippen LogP contribution is -2.27. The largest absolute Gasteiger partial charge is 0.390 e. The van der Waals surface area contributed by atoms with Crippen LogP contribution in [-0.2, 0) is 16.6 Å². The van der Waals surface area contributed by atoms with Gasteiger partial charge in [-0.3, -0.25) is 0 Å². The predicted molar refractivity (Wildman–Crippen MR) is 83.6 cm³/mol. The fourth-order valence-corrected chi connectivity index (χ4v) is 3.77. The minimum Gasteiger partial charge on any atom is -0.237 e. The van der Waals surface area contributed by atoms with Crippen LogP contribution in [0.2, 0.25) is 0 Å². The molecule has 0 saturated carbocycles. The summed E-state index contributed by atoms with van der Waals surface area (Å²) in [4.78, 5) is 12.5. The number of aromatic amines is 1. The lowest BCUT2D eigenvalue weighted by Gasteiger charge is -2.04. The van der Waals surface area contributed by atoms with Gasteiger partial charge in [0.15, 0.2) is 10.7 Å². The molecule has 1 aromatic carbocycles. The van der Waals surface area contributed by atoms with Gasteiger partial charge < -0.3 is 0 Å². The fourth-order valence-electron chi connectivity index (χ4n) is 1.90. The summed E-state index contributed by atoms with van der Waals surface area (Å²) in [6.07, 6.45) is 0. The second-order valence-electron chi connectivity index (χ2n) is 4.96. The normalized spacial score (nSPS) is 11.9. The molecule has 0 spiro atoms. The zero-order chi connectivity index (χ0) is 16.6. The second kappa shape index (κ2) is 5.80. The van der Waals surface area contributed by atoms with E-state index in [4.69, 9.17) is 0 Å². The highest BCUT2D eigenvalue weighted by molar-refractivity contribution is 7.89. The molecule has 0 radical (unpaired) electrons. The maximum Gasteiger partial charge on any atom is 0.390 e. The summed E-state index contributed by atoms with van der Waals surface area (Å²) < 4.78 is 28.1. The Bertz CT molecular complexity index is 1020. The van der Waals surface area contributed by atoms with Crippen molar-refractivity contribution < 1.29 is 13.5 Å². The van der Waals surface area contributed by atoms with Gasteiger partial charge in [0.2, 0.25) is 10.0 Å². The summed E-state index contributed by atoms with van der Waals surface area (Å²) in [7, 11) is -3.63. The van der Waals surface area contributed by atoms with E-state index in [-0.39, 0.29) is 17.0 Å². The van der Waals surface area contributed by atoms with Gasteiger partial charge in [0.25, 0.3) is 0 Å². The summed E-state index contributed by atoms with van der Waals surface area (Å²) in [6, 6.07) is 6.55. The molecule has 3 rings (SSSR count). The van der Waals surface area contributed by atoms with Gasteiger partial charge in [0.05, 0.1) is 11.4 Å². The molecule has 8 nitrogen and oxygen atoms in total. The van der Waals surface area contributed by atoms with Gasteiger partial charge in [0.1, 0.15) is 0 Å². The number of aryl methyl sites for hydroxylation is 2. The van der Waals surface area contributed by atoms with Crippen molar-refractivity contribution in [2.45, 2.75) is 25.3 Å². The maximum absolute atomic E-state index is 12.2. The van der Waals surface area contributed by atoms with Crippen LogP contribution >= 0.6 is 11.3 Å². The highest BCUT2D eigenvalue weighted by atomic mass is 32.2. The monoisotopic (exact) mass is 352 g/mol. The number of aromatic nitrogens is 4. The molecule has 2 heterocycles. The van der Waals surface area contributed by atoms with Crippen LogP contribution in [0.4, 0.5) is 0 Å². The van der Waals surface area contributed by atoms with Gasteiger partial charge in [-0.1, -0.05) is 27.9 Å². The van der Waals surface area contributed by atoms with E-state index >= 15 is 0 Å². The molecule has 120 valence electrons. The molecule has 0 atom stereocenters. The smallest absolute Gasteiger partial charge is 0.237 e. The van der Waals surface area contributed by atoms with Crippen LogP contribution in [0.3, 0.4) is 0 Å². The highest BCUT2D eigenvalue weighted by Crippen LogP contribution is 2.12. The first kappa shape index (κ1) is 15.7. The molecular formula is C13H14N5O3S2+. The van der Waals surface area contributed by atoms with E-state index in [1.54, 1.807) is 31.2 Å². The summed E-state index contributed by atoms with van der Waals surface area (Å²) in [5.41, 5.74) is 0.940. The molecular weight excluding hydrogens is 338 g/mol. The molecule has 3 aromatic rings. The molecule has 0 saturated heterocycles. The Balaban J connectivity index is 1.84. The van der Waals surface area contributed by atoms with E-state index in [1.807, 2.05) is 6.92 Å². The van der Waals surface area contributed by atoms with Crippen LogP contribution < -0.4 is 15.4 Å². The molecule has 0 aliphatic heterocycles. The van der Waals surface area contributed by atoms with Crippen molar-refractivity contribution in [2.24, 2.45) is 0 Å². The molecule has 23 heavy (non-hydrogen) atoms. The van der Waals surface area contributed by atoms with Gasteiger partial charge in [-0.05, 0) is 41.8 Å². The average molecular weight is 352 g/mol. The Labute approximate surface area is 135 Å². The maximum atomic E-state index is 12.2. The fraction of sp³-hybridized carbons (Fsp3) is 0.231. The molecule has 0 fully saturated rings. The average Bonchev–Trinajstić information content (AvgIpc) is 2.94. The van der Waals surface area contributed by atoms with E-state index in [0.29, 0.717) is 15.7 Å². The Kier molecular flexibility index (Phi) is 3.96. The number of hydrogen-bond acceptors (Lipinski definition) is 6. The third-order valence-electron chi connectivity index (χ3n) is 3.18. The van der Waals surface area contributed by atoms with Crippen LogP contribution in [0.25, 0.3) is 4.96 Å². The van der Waals surface area contributed by atoms with Gasteiger partial charge in [-0.25, -0.2) is 17.9 Å². The molecule has 10 heteroatoms. The zero-order valence-corrected chi connectivity index (χ0v) is 14.0. The van der Waals surface area contributed by atoms with Gasteiger partial charge >= 0.3 is 10.5 Å². The number of nitrogens with one attached hydrogen (secondary N) is 2. The minimum atomic E-state index is -3.63. The molecule has 2 N–H and O–H groups in total. The summed E-state index contributed by atoms with van der Waals surface area (Å²) in [5, 5.41) is 11.1. The van der Waals surface area contributed by atoms with Crippen LogP contribution in [0.5, 0.6) is 0 Å². The zero-order valence-electron chi connectivity index (χ0n) is 12.4. The number of rotatable bonds is 4. The van der Waals surface area contributed by atoms with Crippen molar-refractivity contribution in [3.05, 3.63) is 50.9 Å². The summed E-state index contributed by atoms with van der Waals surface area (Å²) in [5.74, 6) is 0. The first-order valence-electron chi connectivity index (χ1n) is 6.70. The molecule has 0 aliphatic rings. The van der Waals surface area contributed by atoms with Crippen LogP contribution in [-0.4, -0.2) is 23.1 Å². The van der Waals surface area contributed by atoms with E-state index in [9.17, 15) is 13.2 Å². The van der Waals surface area contributed by atoms with Crippen molar-refractivity contribution in [3.8, 4) is 0 Å². The van der Waals surface area contributed by atoms with E-state index in [0.717, 1.165) is 5.56 Å². The van der Waals surface area contributed by atoms with E-state index in [2.05, 4.69) is 20.0 Å². The van der Waals surface area contributed by atoms with Crippen LogP contribution in [0, 0.1) is 13.8 Å². The quantitative estimate of drug-likeness (QED) is 0.714. The lowest BCUT2D eigenvalue weighted by molar-refractivity contribution is -0.428. The van der Waals surface area contributed by atoms with E-state index in [1.165, 1.54) is 15.9 Å². The predicted octanol–water partition coefficient (Wildman–Crippen LogP) is 0.0604. The van der Waals surface area contributed by atoms with Gasteiger partial charge in [0, 0.05) is 0 Å². The third kappa shape index (κ3) is 3.14. The van der Waals surface area contributed by atoms with Crippen LogP contribution in [0.1, 0.15) is 16.3 Å². The van der Waals surface area contributed by atoms with E-state index < -0.39 is 10.0 Å². The van der Waals surface area contributed by atoms with Gasteiger partial charge in [-0.2, -0.15) is 0 Å². The molecule has 0 aliphatic carbocycles. The first-order chi connectivity index (χ1) is 10.9. The lowest BCUT2D eigenvalue weighted by atomic mass is 10.2. The van der Waals surface area contributed by atoms with Crippen molar-refractivity contribution in [1.82, 2.24) is 19.4 Å².